The van der Waals surface area contributed by atoms with Crippen molar-refractivity contribution in [3.63, 3.8) is 0 Å². The second-order valence-corrected chi connectivity index (χ2v) is 7.10. The van der Waals surface area contributed by atoms with Gasteiger partial charge in [-0.05, 0) is 60.8 Å². The number of rotatable bonds is 2. The number of aromatic carboxylic acids is 1. The summed E-state index contributed by atoms with van der Waals surface area (Å²) in [6.07, 6.45) is 7.87. The molecule has 0 radical (unpaired) electrons. The number of fused-ring (bicyclic) bond motifs is 3. The molecule has 1 N–H and O–H groups in total. The second-order valence-electron chi connectivity index (χ2n) is 7.10. The Kier molecular flexibility index (Phi) is 3.66. The molecular formula is C19H20FNO3. The summed E-state index contributed by atoms with van der Waals surface area (Å²) in [5.74, 6) is -0.553. The summed E-state index contributed by atoms with van der Waals surface area (Å²) >= 11 is 0. The number of halogens is 1. The highest BCUT2D eigenvalue weighted by molar-refractivity contribution is 5.90. The molecule has 4 aliphatic rings. The van der Waals surface area contributed by atoms with Gasteiger partial charge in [0.1, 0.15) is 5.82 Å². The maximum atomic E-state index is 14.0. The Hall–Kier alpha value is -2.17. The molecule has 3 atom stereocenters. The van der Waals surface area contributed by atoms with Gasteiger partial charge in [0.15, 0.2) is 0 Å². The van der Waals surface area contributed by atoms with Crippen molar-refractivity contribution in [3.8, 4) is 0 Å². The first-order valence-electron chi connectivity index (χ1n) is 8.55. The van der Waals surface area contributed by atoms with Crippen LogP contribution in [0.2, 0.25) is 0 Å². The number of allylic oxidation sites excluding steroid dienone is 2. The van der Waals surface area contributed by atoms with E-state index in [-0.39, 0.29) is 29.8 Å². The molecule has 24 heavy (non-hydrogen) atoms. The number of benzene rings is 1. The van der Waals surface area contributed by atoms with Crippen LogP contribution in [0, 0.1) is 23.6 Å². The number of carboxylic acids is 1. The van der Waals surface area contributed by atoms with Crippen molar-refractivity contribution >= 4 is 11.9 Å². The highest BCUT2D eigenvalue weighted by Gasteiger charge is 2.39. The van der Waals surface area contributed by atoms with Crippen molar-refractivity contribution in [2.24, 2.45) is 17.8 Å². The molecule has 0 saturated heterocycles. The van der Waals surface area contributed by atoms with Crippen molar-refractivity contribution in [2.45, 2.75) is 32.2 Å². The van der Waals surface area contributed by atoms with Crippen LogP contribution in [0.3, 0.4) is 0 Å². The van der Waals surface area contributed by atoms with E-state index in [9.17, 15) is 19.1 Å². The van der Waals surface area contributed by atoms with Gasteiger partial charge in [-0.1, -0.05) is 12.2 Å². The van der Waals surface area contributed by atoms with E-state index in [0.29, 0.717) is 35.9 Å². The van der Waals surface area contributed by atoms with Gasteiger partial charge in [-0.25, -0.2) is 9.18 Å². The molecule has 1 fully saturated rings. The Morgan fingerprint density at radius 1 is 1.17 bits per heavy atom. The largest absolute Gasteiger partial charge is 0.478 e. The highest BCUT2D eigenvalue weighted by Crippen LogP contribution is 2.41. The van der Waals surface area contributed by atoms with Gasteiger partial charge in [0.2, 0.25) is 5.91 Å². The molecule has 4 nitrogen and oxygen atoms in total. The van der Waals surface area contributed by atoms with Crippen LogP contribution in [0.15, 0.2) is 24.3 Å². The fourth-order valence-corrected chi connectivity index (χ4v) is 4.47. The van der Waals surface area contributed by atoms with Crippen LogP contribution in [-0.2, 0) is 17.8 Å². The average molecular weight is 329 g/mol. The average Bonchev–Trinajstić information content (AvgIpc) is 2.61. The van der Waals surface area contributed by atoms with Crippen LogP contribution >= 0.6 is 0 Å². The number of carbonyl (C=O) groups is 2. The van der Waals surface area contributed by atoms with Crippen LogP contribution in [0.1, 0.15) is 40.7 Å². The molecule has 126 valence electrons. The lowest BCUT2D eigenvalue weighted by atomic mass is 9.68. The minimum Gasteiger partial charge on any atom is -0.478 e. The van der Waals surface area contributed by atoms with Crippen LogP contribution in [-0.4, -0.2) is 28.4 Å². The molecule has 3 aliphatic carbocycles. The Morgan fingerprint density at radius 3 is 2.62 bits per heavy atom. The third-order valence-corrected chi connectivity index (χ3v) is 5.79. The third kappa shape index (κ3) is 2.43. The first kappa shape index (κ1) is 15.4. The zero-order valence-electron chi connectivity index (χ0n) is 13.4. The number of nitrogens with zero attached hydrogens (tertiary/aromatic N) is 1. The predicted molar refractivity (Wildman–Crippen MR) is 85.9 cm³/mol. The fourth-order valence-electron chi connectivity index (χ4n) is 4.47. The summed E-state index contributed by atoms with van der Waals surface area (Å²) in [7, 11) is 0. The first-order chi connectivity index (χ1) is 11.5. The molecule has 5 heteroatoms. The molecule has 1 amide bonds. The standard InChI is InChI=1S/C19H20FNO3/c20-17-6-5-14(19(23)24)16-10-21(8-7-13(16)17)18(22)15-9-11-1-3-12(15)4-2-11/h1,3,5-6,11-12,15H,2,4,7-10H2,(H,23,24)/t11-,12+,15-/m1/s1. The van der Waals surface area contributed by atoms with Crippen LogP contribution in [0.4, 0.5) is 4.39 Å². The normalized spacial score (nSPS) is 27.9. The summed E-state index contributed by atoms with van der Waals surface area (Å²) in [6.45, 7) is 0.661. The van der Waals surface area contributed by atoms with Gasteiger partial charge in [0.05, 0.1) is 5.56 Å². The quantitative estimate of drug-likeness (QED) is 0.849. The minimum atomic E-state index is -1.07. The molecule has 1 aliphatic heterocycles. The van der Waals surface area contributed by atoms with E-state index in [2.05, 4.69) is 12.2 Å². The zero-order valence-corrected chi connectivity index (χ0v) is 13.4. The topological polar surface area (TPSA) is 57.6 Å². The predicted octanol–water partition coefficient (Wildman–Crippen LogP) is 3.01. The maximum absolute atomic E-state index is 14.0. The molecule has 1 aromatic rings. The van der Waals surface area contributed by atoms with Crippen molar-refractivity contribution in [3.05, 3.63) is 46.8 Å². The van der Waals surface area contributed by atoms with E-state index in [1.165, 1.54) is 12.1 Å². The molecule has 0 unspecified atom stereocenters. The Morgan fingerprint density at radius 2 is 2.00 bits per heavy atom. The smallest absolute Gasteiger partial charge is 0.336 e. The summed E-state index contributed by atoms with van der Waals surface area (Å²) < 4.78 is 14.0. The van der Waals surface area contributed by atoms with Gasteiger partial charge >= 0.3 is 5.97 Å². The summed E-state index contributed by atoms with van der Waals surface area (Å²) in [4.78, 5) is 26.1. The monoisotopic (exact) mass is 329 g/mol. The number of amides is 1. The number of hydrogen-bond donors (Lipinski definition) is 1. The summed E-state index contributed by atoms with van der Waals surface area (Å²) in [6, 6.07) is 2.51. The first-order valence-corrected chi connectivity index (χ1v) is 8.55. The highest BCUT2D eigenvalue weighted by atomic mass is 19.1. The fraction of sp³-hybridized carbons (Fsp3) is 0.474. The van der Waals surface area contributed by atoms with Gasteiger partial charge in [0.25, 0.3) is 0 Å². The van der Waals surface area contributed by atoms with Crippen molar-refractivity contribution in [1.82, 2.24) is 4.90 Å². The van der Waals surface area contributed by atoms with Gasteiger partial charge in [0, 0.05) is 19.0 Å². The minimum absolute atomic E-state index is 0.00265. The Balaban J connectivity index is 1.60. The summed E-state index contributed by atoms with van der Waals surface area (Å²) in [5.41, 5.74) is 1.01. The van der Waals surface area contributed by atoms with Crippen molar-refractivity contribution < 1.29 is 19.1 Å². The lowest BCUT2D eigenvalue weighted by molar-refractivity contribution is -0.139. The summed E-state index contributed by atoms with van der Waals surface area (Å²) in [5, 5.41) is 9.36. The Bertz CT molecular complexity index is 742. The SMILES string of the molecule is O=C(O)c1ccc(F)c2c1CN(C(=O)[C@@H]1C[C@@H]3C=C[C@H]1CC3)CC2. The van der Waals surface area contributed by atoms with Gasteiger partial charge in [-0.15, -0.1) is 0 Å². The molecular weight excluding hydrogens is 309 g/mol. The third-order valence-electron chi connectivity index (χ3n) is 5.79. The number of hydrogen-bond acceptors (Lipinski definition) is 2. The molecule has 1 aromatic carbocycles. The molecule has 0 spiro atoms. The van der Waals surface area contributed by atoms with E-state index in [1.54, 1.807) is 4.90 Å². The van der Waals surface area contributed by atoms with Gasteiger partial charge < -0.3 is 10.0 Å². The van der Waals surface area contributed by atoms with E-state index in [1.807, 2.05) is 0 Å². The van der Waals surface area contributed by atoms with Crippen LogP contribution in [0.25, 0.3) is 0 Å². The van der Waals surface area contributed by atoms with Crippen molar-refractivity contribution in [2.75, 3.05) is 6.54 Å². The molecule has 2 bridgehead atoms. The second kappa shape index (κ2) is 5.72. The lowest BCUT2D eigenvalue weighted by Gasteiger charge is -2.40. The van der Waals surface area contributed by atoms with E-state index < -0.39 is 5.97 Å². The lowest BCUT2D eigenvalue weighted by Crippen LogP contribution is -2.45. The van der Waals surface area contributed by atoms with Crippen LogP contribution in [0.5, 0.6) is 0 Å². The molecule has 5 rings (SSSR count). The number of carboxylic acid groups (broad SMARTS) is 1. The van der Waals surface area contributed by atoms with Crippen LogP contribution < -0.4 is 0 Å². The zero-order chi connectivity index (χ0) is 16.8. The Labute approximate surface area is 140 Å². The maximum Gasteiger partial charge on any atom is 0.336 e. The molecule has 1 saturated carbocycles. The van der Waals surface area contributed by atoms with E-state index >= 15 is 0 Å². The van der Waals surface area contributed by atoms with E-state index in [4.69, 9.17) is 0 Å². The number of carbonyl (C=O) groups excluding carboxylic acids is 1. The molecule has 0 aromatic heterocycles. The van der Waals surface area contributed by atoms with E-state index in [0.717, 1.165) is 19.3 Å². The van der Waals surface area contributed by atoms with Gasteiger partial charge in [-0.2, -0.15) is 0 Å². The van der Waals surface area contributed by atoms with Crippen molar-refractivity contribution in [1.29, 1.82) is 0 Å². The molecule has 1 heterocycles. The van der Waals surface area contributed by atoms with Gasteiger partial charge in [-0.3, -0.25) is 4.79 Å².